The number of fused-ring (bicyclic) bond motifs is 1. The maximum atomic E-state index is 12.5. The first-order valence-corrected chi connectivity index (χ1v) is 8.08. The van der Waals surface area contributed by atoms with E-state index in [1.807, 2.05) is 0 Å². The van der Waals surface area contributed by atoms with Crippen LogP contribution in [0.15, 0.2) is 35.2 Å². The summed E-state index contributed by atoms with van der Waals surface area (Å²) >= 11 is 0. The van der Waals surface area contributed by atoms with Crippen LogP contribution in [0.5, 0.6) is 0 Å². The van der Waals surface area contributed by atoms with Crippen molar-refractivity contribution in [3.8, 4) is 11.5 Å². The zero-order valence-electron chi connectivity index (χ0n) is 14.5. The second-order valence-electron chi connectivity index (χ2n) is 5.59. The Balaban J connectivity index is 1.91. The molecule has 0 unspecified atom stereocenters. The van der Waals surface area contributed by atoms with Gasteiger partial charge in [-0.1, -0.05) is 0 Å². The normalized spacial score (nSPS) is 10.7. The van der Waals surface area contributed by atoms with Crippen LogP contribution in [-0.2, 0) is 9.53 Å². The van der Waals surface area contributed by atoms with Gasteiger partial charge in [-0.05, 0) is 24.6 Å². The number of amides is 2. The van der Waals surface area contributed by atoms with Gasteiger partial charge in [0, 0.05) is 13.0 Å². The summed E-state index contributed by atoms with van der Waals surface area (Å²) in [5, 5.41) is 2.67. The first-order valence-electron chi connectivity index (χ1n) is 8.08. The number of nitrogens with one attached hydrogen (secondary N) is 1. The van der Waals surface area contributed by atoms with E-state index in [2.05, 4.69) is 20.0 Å². The molecule has 27 heavy (non-hydrogen) atoms. The highest BCUT2D eigenvalue weighted by molar-refractivity contribution is 5.99. The molecule has 0 aliphatic heterocycles. The van der Waals surface area contributed by atoms with Gasteiger partial charge in [-0.25, -0.2) is 9.97 Å². The Bertz CT molecular complexity index is 993. The molecule has 0 radical (unpaired) electrons. The Morgan fingerprint density at radius 1 is 1.37 bits per heavy atom. The maximum Gasteiger partial charge on any atom is 0.305 e. The molecule has 2 amide bonds. The average Bonchev–Trinajstić information content (AvgIpc) is 3.33. The molecule has 0 fully saturated rings. The molecule has 3 rings (SSSR count). The van der Waals surface area contributed by atoms with Crippen LogP contribution >= 0.6 is 0 Å². The van der Waals surface area contributed by atoms with Crippen LogP contribution < -0.4 is 11.1 Å². The monoisotopic (exact) mass is 371 g/mol. The van der Waals surface area contributed by atoms with E-state index in [0.717, 1.165) is 0 Å². The number of carbonyl (C=O) groups excluding carboxylic acids is 3. The lowest BCUT2D eigenvalue weighted by atomic mass is 10.2. The number of esters is 1. The van der Waals surface area contributed by atoms with Crippen LogP contribution in [0.25, 0.3) is 17.1 Å². The standard InChI is InChI=1S/C17H17N5O5/c1-26-13(23)5-2-6-19-17(25)10-8-11(12-4-3-7-27-12)22-9-20-14(15(18)24)16(22)21-10/h3-4,7-9H,2,5-6H2,1H3,(H2,18,24)(H,19,25). The van der Waals surface area contributed by atoms with E-state index in [9.17, 15) is 14.4 Å². The predicted octanol–water partition coefficient (Wildman–Crippen LogP) is 0.771. The quantitative estimate of drug-likeness (QED) is 0.461. The van der Waals surface area contributed by atoms with Gasteiger partial charge < -0.3 is 20.2 Å². The SMILES string of the molecule is COC(=O)CCCNC(=O)c1cc(-c2ccco2)n2cnc(C(N)=O)c2n1. The van der Waals surface area contributed by atoms with E-state index >= 15 is 0 Å². The van der Waals surface area contributed by atoms with Gasteiger partial charge in [0.2, 0.25) is 0 Å². The van der Waals surface area contributed by atoms with Crippen LogP contribution in [0.4, 0.5) is 0 Å². The molecule has 0 aliphatic carbocycles. The number of ether oxygens (including phenoxy) is 1. The molecule has 0 bridgehead atoms. The molecule has 3 heterocycles. The summed E-state index contributed by atoms with van der Waals surface area (Å²) in [5.74, 6) is -1.11. The van der Waals surface area contributed by atoms with Crippen LogP contribution in [0.2, 0.25) is 0 Å². The van der Waals surface area contributed by atoms with Crippen molar-refractivity contribution in [2.45, 2.75) is 12.8 Å². The molecule has 0 saturated heterocycles. The zero-order valence-corrected chi connectivity index (χ0v) is 14.5. The highest BCUT2D eigenvalue weighted by Gasteiger charge is 2.19. The third-order valence-electron chi connectivity index (χ3n) is 3.81. The molecule has 140 valence electrons. The molecule has 0 saturated carbocycles. The largest absolute Gasteiger partial charge is 0.469 e. The number of nitrogens with zero attached hydrogens (tertiary/aromatic N) is 3. The minimum atomic E-state index is -0.758. The number of hydrogen-bond acceptors (Lipinski definition) is 7. The summed E-state index contributed by atoms with van der Waals surface area (Å²) in [7, 11) is 1.30. The Hall–Kier alpha value is -3.69. The van der Waals surface area contributed by atoms with Gasteiger partial charge in [0.15, 0.2) is 17.1 Å². The molecule has 10 nitrogen and oxygen atoms in total. The van der Waals surface area contributed by atoms with Crippen molar-refractivity contribution in [3.05, 3.63) is 42.2 Å². The molecule has 0 aromatic carbocycles. The summed E-state index contributed by atoms with van der Waals surface area (Å²) < 4.78 is 11.5. The highest BCUT2D eigenvalue weighted by atomic mass is 16.5. The first kappa shape index (κ1) is 18.1. The Labute approximate surface area is 153 Å². The van der Waals surface area contributed by atoms with Gasteiger partial charge >= 0.3 is 5.97 Å². The smallest absolute Gasteiger partial charge is 0.305 e. The van der Waals surface area contributed by atoms with Crippen molar-refractivity contribution in [2.24, 2.45) is 5.73 Å². The second-order valence-corrected chi connectivity index (χ2v) is 5.59. The van der Waals surface area contributed by atoms with Crippen molar-refractivity contribution >= 4 is 23.4 Å². The van der Waals surface area contributed by atoms with Crippen molar-refractivity contribution in [3.63, 3.8) is 0 Å². The number of methoxy groups -OCH3 is 1. The van der Waals surface area contributed by atoms with E-state index in [1.165, 1.54) is 30.2 Å². The topological polar surface area (TPSA) is 142 Å². The lowest BCUT2D eigenvalue weighted by Gasteiger charge is -2.08. The Kier molecular flexibility index (Phi) is 5.15. The maximum absolute atomic E-state index is 12.5. The molecule has 0 atom stereocenters. The van der Waals surface area contributed by atoms with Crippen LogP contribution in [0.3, 0.4) is 0 Å². The van der Waals surface area contributed by atoms with E-state index in [1.54, 1.807) is 12.1 Å². The third-order valence-corrected chi connectivity index (χ3v) is 3.81. The van der Waals surface area contributed by atoms with Crippen LogP contribution in [0, 0.1) is 0 Å². The molecule has 3 N–H and O–H groups in total. The van der Waals surface area contributed by atoms with Crippen molar-refractivity contribution in [1.82, 2.24) is 19.7 Å². The Morgan fingerprint density at radius 3 is 2.85 bits per heavy atom. The summed E-state index contributed by atoms with van der Waals surface area (Å²) in [5.41, 5.74) is 5.99. The van der Waals surface area contributed by atoms with Gasteiger partial charge in [0.25, 0.3) is 11.8 Å². The average molecular weight is 371 g/mol. The summed E-state index contributed by atoms with van der Waals surface area (Å²) in [6.07, 6.45) is 3.48. The molecule has 3 aromatic heterocycles. The number of imidazole rings is 1. The highest BCUT2D eigenvalue weighted by Crippen LogP contribution is 2.23. The minimum Gasteiger partial charge on any atom is -0.469 e. The number of primary amides is 1. The molecule has 0 spiro atoms. The second kappa shape index (κ2) is 7.68. The molecule has 3 aromatic rings. The van der Waals surface area contributed by atoms with Gasteiger partial charge in [0.05, 0.1) is 19.1 Å². The van der Waals surface area contributed by atoms with Crippen molar-refractivity contribution < 1.29 is 23.5 Å². The summed E-state index contributed by atoms with van der Waals surface area (Å²) in [6, 6.07) is 4.92. The fourth-order valence-electron chi connectivity index (χ4n) is 2.50. The number of rotatable bonds is 7. The van der Waals surface area contributed by atoms with Gasteiger partial charge in [0.1, 0.15) is 12.0 Å². The van der Waals surface area contributed by atoms with Crippen molar-refractivity contribution in [1.29, 1.82) is 0 Å². The molecular weight excluding hydrogens is 354 g/mol. The molecule has 0 aliphatic rings. The van der Waals surface area contributed by atoms with E-state index < -0.39 is 11.8 Å². The number of furan rings is 1. The van der Waals surface area contributed by atoms with Gasteiger partial charge in [-0.15, -0.1) is 0 Å². The van der Waals surface area contributed by atoms with Crippen molar-refractivity contribution in [2.75, 3.05) is 13.7 Å². The molecular formula is C17H17N5O5. The summed E-state index contributed by atoms with van der Waals surface area (Å²) in [4.78, 5) is 43.3. The predicted molar refractivity (Wildman–Crippen MR) is 92.8 cm³/mol. The first-order chi connectivity index (χ1) is 13.0. The fourth-order valence-corrected chi connectivity index (χ4v) is 2.50. The number of hydrogen-bond donors (Lipinski definition) is 2. The Morgan fingerprint density at radius 2 is 2.19 bits per heavy atom. The molecule has 10 heteroatoms. The lowest BCUT2D eigenvalue weighted by Crippen LogP contribution is -2.26. The number of nitrogens with two attached hydrogens (primary N) is 1. The third kappa shape index (κ3) is 3.78. The van der Waals surface area contributed by atoms with E-state index in [-0.39, 0.29) is 36.0 Å². The zero-order chi connectivity index (χ0) is 19.4. The van der Waals surface area contributed by atoms with Crippen LogP contribution in [-0.4, -0.2) is 45.8 Å². The number of aromatic nitrogens is 3. The van der Waals surface area contributed by atoms with E-state index in [0.29, 0.717) is 17.9 Å². The number of carbonyl (C=O) groups is 3. The van der Waals surface area contributed by atoms with Crippen LogP contribution in [0.1, 0.15) is 33.8 Å². The van der Waals surface area contributed by atoms with E-state index in [4.69, 9.17) is 10.2 Å². The fraction of sp³-hybridized carbons (Fsp3) is 0.235. The lowest BCUT2D eigenvalue weighted by molar-refractivity contribution is -0.140. The minimum absolute atomic E-state index is 0.0526. The van der Waals surface area contributed by atoms with Gasteiger partial charge in [-0.3, -0.25) is 18.8 Å². The summed E-state index contributed by atoms with van der Waals surface area (Å²) in [6.45, 7) is 0.263. The van der Waals surface area contributed by atoms with Gasteiger partial charge in [-0.2, -0.15) is 0 Å².